The molecule has 0 radical (unpaired) electrons. The van der Waals surface area contributed by atoms with Crippen molar-refractivity contribution in [2.75, 3.05) is 11.9 Å². The number of anilines is 1. The Morgan fingerprint density at radius 1 is 1.32 bits per heavy atom. The highest BCUT2D eigenvalue weighted by Gasteiger charge is 2.32. The second kappa shape index (κ2) is 6.95. The first kappa shape index (κ1) is 18.0. The number of aryl methyl sites for hydroxylation is 2. The lowest BCUT2D eigenvalue weighted by Gasteiger charge is -2.32. The first-order chi connectivity index (χ1) is 13.4. The van der Waals surface area contributed by atoms with E-state index in [-0.39, 0.29) is 17.7 Å². The molecular weight excluding hydrogens is 356 g/mol. The van der Waals surface area contributed by atoms with Gasteiger partial charge in [-0.1, -0.05) is 0 Å². The minimum absolute atomic E-state index is 0.0217. The summed E-state index contributed by atoms with van der Waals surface area (Å²) in [5.41, 5.74) is 5.08. The zero-order valence-corrected chi connectivity index (χ0v) is 16.1. The lowest BCUT2D eigenvalue weighted by molar-refractivity contribution is -0.114. The first-order valence-corrected chi connectivity index (χ1v) is 9.10. The summed E-state index contributed by atoms with van der Waals surface area (Å²) in [4.78, 5) is 34.0. The minimum Gasteiger partial charge on any atom is -0.347 e. The summed E-state index contributed by atoms with van der Waals surface area (Å²) in [6.07, 6.45) is 5.46. The Morgan fingerprint density at radius 2 is 2.14 bits per heavy atom. The third-order valence-electron chi connectivity index (χ3n) is 5.03. The van der Waals surface area contributed by atoms with E-state index in [0.717, 1.165) is 22.5 Å². The third kappa shape index (κ3) is 3.28. The highest BCUT2D eigenvalue weighted by molar-refractivity contribution is 5.97. The van der Waals surface area contributed by atoms with Crippen LogP contribution < -0.4 is 5.32 Å². The van der Waals surface area contributed by atoms with Gasteiger partial charge >= 0.3 is 0 Å². The minimum atomic E-state index is -0.138. The van der Waals surface area contributed by atoms with Crippen LogP contribution in [0.5, 0.6) is 0 Å². The van der Waals surface area contributed by atoms with Crippen LogP contribution >= 0.6 is 0 Å². The Labute approximate surface area is 162 Å². The predicted molar refractivity (Wildman–Crippen MR) is 104 cm³/mol. The van der Waals surface area contributed by atoms with E-state index in [4.69, 9.17) is 0 Å². The summed E-state index contributed by atoms with van der Waals surface area (Å²) in [5, 5.41) is 7.01. The van der Waals surface area contributed by atoms with Crippen LogP contribution in [0.2, 0.25) is 0 Å². The van der Waals surface area contributed by atoms with Crippen LogP contribution in [0.4, 0.5) is 5.69 Å². The number of fused-ring (bicyclic) bond motifs is 1. The molecule has 28 heavy (non-hydrogen) atoms. The molecule has 8 nitrogen and oxygen atoms in total. The standard InChI is InChI=1S/C20H22N6O2/c1-12-6-15(24-13(2)27)4-5-16(12)20(28)26-9-17(14-7-23-25(3)8-14)19-18(10-26)21-11-22-19/h4-8,11,17H,9-10H2,1-3H3,(H,21,22)(H,24,27). The van der Waals surface area contributed by atoms with Crippen molar-refractivity contribution in [3.63, 3.8) is 0 Å². The zero-order valence-electron chi connectivity index (χ0n) is 16.1. The number of imidazole rings is 1. The quantitative estimate of drug-likeness (QED) is 0.730. The number of hydrogen-bond donors (Lipinski definition) is 2. The normalized spacial score (nSPS) is 16.0. The van der Waals surface area contributed by atoms with Gasteiger partial charge in [0, 0.05) is 49.4 Å². The van der Waals surface area contributed by atoms with Crippen LogP contribution in [-0.4, -0.2) is 43.0 Å². The number of benzene rings is 1. The molecule has 0 fully saturated rings. The van der Waals surface area contributed by atoms with Gasteiger partial charge in [0.05, 0.1) is 30.5 Å². The fraction of sp³-hybridized carbons (Fsp3) is 0.300. The molecule has 1 aliphatic rings. The lowest BCUT2D eigenvalue weighted by Crippen LogP contribution is -2.39. The van der Waals surface area contributed by atoms with Crippen molar-refractivity contribution in [3.05, 3.63) is 65.0 Å². The predicted octanol–water partition coefficient (Wildman–Crippen LogP) is 2.20. The molecule has 1 atom stereocenters. The number of rotatable bonds is 3. The Morgan fingerprint density at radius 3 is 2.82 bits per heavy atom. The molecule has 1 aliphatic heterocycles. The molecule has 0 saturated carbocycles. The van der Waals surface area contributed by atoms with Gasteiger partial charge in [0.1, 0.15) is 0 Å². The largest absolute Gasteiger partial charge is 0.347 e. The molecule has 0 spiro atoms. The fourth-order valence-corrected chi connectivity index (χ4v) is 3.71. The number of nitrogens with one attached hydrogen (secondary N) is 2. The van der Waals surface area contributed by atoms with Crippen molar-refractivity contribution in [1.82, 2.24) is 24.6 Å². The average Bonchev–Trinajstić information content (AvgIpc) is 3.28. The maximum atomic E-state index is 13.3. The number of carbonyl (C=O) groups is 2. The number of nitrogens with zero attached hydrogens (tertiary/aromatic N) is 4. The molecular formula is C20H22N6O2. The highest BCUT2D eigenvalue weighted by atomic mass is 16.2. The van der Waals surface area contributed by atoms with Crippen molar-refractivity contribution >= 4 is 17.5 Å². The molecule has 8 heteroatoms. The summed E-state index contributed by atoms with van der Waals surface area (Å²) in [5.74, 6) is -0.201. The van der Waals surface area contributed by atoms with E-state index in [1.807, 2.05) is 37.3 Å². The van der Waals surface area contributed by atoms with E-state index < -0.39 is 0 Å². The van der Waals surface area contributed by atoms with Gasteiger partial charge < -0.3 is 15.2 Å². The van der Waals surface area contributed by atoms with E-state index in [0.29, 0.717) is 24.3 Å². The molecule has 2 amide bonds. The molecule has 3 aromatic rings. The molecule has 0 aliphatic carbocycles. The second-order valence-corrected chi connectivity index (χ2v) is 7.16. The summed E-state index contributed by atoms with van der Waals surface area (Å²) in [6.45, 7) is 4.36. The molecule has 3 heterocycles. The Kier molecular flexibility index (Phi) is 4.46. The molecule has 1 unspecified atom stereocenters. The number of H-pyrrole nitrogens is 1. The first-order valence-electron chi connectivity index (χ1n) is 9.10. The van der Waals surface area contributed by atoms with Gasteiger partial charge in [-0.25, -0.2) is 4.98 Å². The molecule has 144 valence electrons. The van der Waals surface area contributed by atoms with Crippen molar-refractivity contribution in [1.29, 1.82) is 0 Å². The molecule has 1 aromatic carbocycles. The van der Waals surface area contributed by atoms with Gasteiger partial charge in [0.2, 0.25) is 5.91 Å². The maximum absolute atomic E-state index is 13.3. The highest BCUT2D eigenvalue weighted by Crippen LogP contribution is 2.32. The number of hydrogen-bond acceptors (Lipinski definition) is 4. The van der Waals surface area contributed by atoms with Gasteiger partial charge in [-0.15, -0.1) is 0 Å². The van der Waals surface area contributed by atoms with E-state index in [1.54, 1.807) is 23.1 Å². The maximum Gasteiger partial charge on any atom is 0.254 e. The van der Waals surface area contributed by atoms with Gasteiger partial charge in [-0.2, -0.15) is 5.10 Å². The van der Waals surface area contributed by atoms with E-state index in [1.165, 1.54) is 6.92 Å². The summed E-state index contributed by atoms with van der Waals surface area (Å²) in [6, 6.07) is 5.34. The summed E-state index contributed by atoms with van der Waals surface area (Å²) in [7, 11) is 1.88. The van der Waals surface area contributed by atoms with Gasteiger partial charge in [-0.05, 0) is 30.7 Å². The van der Waals surface area contributed by atoms with Crippen LogP contribution in [0.15, 0.2) is 36.9 Å². The van der Waals surface area contributed by atoms with Crippen molar-refractivity contribution < 1.29 is 9.59 Å². The summed E-state index contributed by atoms with van der Waals surface area (Å²) >= 11 is 0. The van der Waals surface area contributed by atoms with Gasteiger partial charge in [0.25, 0.3) is 5.91 Å². The number of aromatic nitrogens is 4. The second-order valence-electron chi connectivity index (χ2n) is 7.16. The van der Waals surface area contributed by atoms with Crippen LogP contribution in [0.25, 0.3) is 0 Å². The molecule has 0 saturated heterocycles. The molecule has 2 aromatic heterocycles. The van der Waals surface area contributed by atoms with Crippen molar-refractivity contribution in [2.45, 2.75) is 26.3 Å². The topological polar surface area (TPSA) is 95.9 Å². The summed E-state index contributed by atoms with van der Waals surface area (Å²) < 4.78 is 1.76. The Hall–Kier alpha value is -3.42. The molecule has 4 rings (SSSR count). The van der Waals surface area contributed by atoms with Crippen LogP contribution in [0, 0.1) is 6.92 Å². The van der Waals surface area contributed by atoms with Crippen LogP contribution in [-0.2, 0) is 18.4 Å². The molecule has 2 N–H and O–H groups in total. The fourth-order valence-electron chi connectivity index (χ4n) is 3.71. The van der Waals surface area contributed by atoms with Crippen LogP contribution in [0.1, 0.15) is 45.7 Å². The number of carbonyl (C=O) groups excluding carboxylic acids is 2. The molecule has 0 bridgehead atoms. The lowest BCUT2D eigenvalue weighted by atomic mass is 9.92. The monoisotopic (exact) mass is 378 g/mol. The van der Waals surface area contributed by atoms with E-state index in [9.17, 15) is 9.59 Å². The Bertz CT molecular complexity index is 1050. The van der Waals surface area contributed by atoms with E-state index in [2.05, 4.69) is 20.4 Å². The van der Waals surface area contributed by atoms with E-state index >= 15 is 0 Å². The Balaban J connectivity index is 1.63. The number of amides is 2. The zero-order chi connectivity index (χ0) is 19.8. The van der Waals surface area contributed by atoms with Crippen LogP contribution in [0.3, 0.4) is 0 Å². The van der Waals surface area contributed by atoms with Gasteiger partial charge in [-0.3, -0.25) is 14.3 Å². The number of aromatic amines is 1. The van der Waals surface area contributed by atoms with Crippen molar-refractivity contribution in [2.24, 2.45) is 7.05 Å². The smallest absolute Gasteiger partial charge is 0.254 e. The average molecular weight is 378 g/mol. The van der Waals surface area contributed by atoms with Gasteiger partial charge in [0.15, 0.2) is 0 Å². The van der Waals surface area contributed by atoms with Crippen molar-refractivity contribution in [3.8, 4) is 0 Å². The SMILES string of the molecule is CC(=O)Nc1ccc(C(=O)N2Cc3[nH]cnc3C(c3cnn(C)c3)C2)c(C)c1. The third-order valence-corrected chi connectivity index (χ3v) is 5.03.